The second kappa shape index (κ2) is 9.69. The zero-order valence-corrected chi connectivity index (χ0v) is 20.0. The Morgan fingerprint density at radius 1 is 1.14 bits per heavy atom. The molecule has 0 saturated heterocycles. The molecule has 3 heterocycles. The highest BCUT2D eigenvalue weighted by molar-refractivity contribution is 6.04. The predicted molar refractivity (Wildman–Crippen MR) is 133 cm³/mol. The lowest BCUT2D eigenvalue weighted by molar-refractivity contribution is 0.0711. The maximum Gasteiger partial charge on any atom is 0.276 e. The highest BCUT2D eigenvalue weighted by Gasteiger charge is 2.34. The van der Waals surface area contributed by atoms with Gasteiger partial charge in [0.15, 0.2) is 5.69 Å². The van der Waals surface area contributed by atoms with Crippen molar-refractivity contribution >= 4 is 17.5 Å². The van der Waals surface area contributed by atoms with Crippen LogP contribution in [-0.2, 0) is 13.1 Å². The number of fused-ring (bicyclic) bond motifs is 1. The summed E-state index contributed by atoms with van der Waals surface area (Å²) in [7, 11) is 1.58. The van der Waals surface area contributed by atoms with Crippen LogP contribution in [-0.4, -0.2) is 45.1 Å². The van der Waals surface area contributed by atoms with E-state index in [-0.39, 0.29) is 35.8 Å². The van der Waals surface area contributed by atoms with Crippen LogP contribution in [0.3, 0.4) is 0 Å². The van der Waals surface area contributed by atoms with E-state index in [0.29, 0.717) is 35.8 Å². The Hall–Kier alpha value is -4.40. The number of methoxy groups -OCH3 is 1. The zero-order valence-electron chi connectivity index (χ0n) is 20.0. The van der Waals surface area contributed by atoms with Crippen LogP contribution in [0.4, 0.5) is 10.1 Å². The number of hydrogen-bond donors (Lipinski definition) is 2. The molecule has 1 aliphatic heterocycles. The first-order valence-corrected chi connectivity index (χ1v) is 11.6. The normalized spacial score (nSPS) is 14.9. The van der Waals surface area contributed by atoms with E-state index in [0.717, 1.165) is 11.3 Å². The average molecular weight is 488 g/mol. The second-order valence-corrected chi connectivity index (χ2v) is 8.85. The number of aromatic amines is 1. The lowest BCUT2D eigenvalue weighted by Gasteiger charge is -2.32. The number of nitrogens with zero attached hydrogens (tertiary/aromatic N) is 3. The molecule has 0 bridgehead atoms. The summed E-state index contributed by atoms with van der Waals surface area (Å²) in [6.07, 6.45) is 1.71. The van der Waals surface area contributed by atoms with Crippen LogP contribution in [0.25, 0.3) is 0 Å². The zero-order chi connectivity index (χ0) is 25.2. The molecule has 1 aliphatic rings. The third kappa shape index (κ3) is 4.59. The third-order valence-electron chi connectivity index (χ3n) is 6.33. The number of ether oxygens (including phenoxy) is 1. The molecule has 0 aliphatic carbocycles. The maximum absolute atomic E-state index is 13.4. The van der Waals surface area contributed by atoms with E-state index >= 15 is 0 Å². The van der Waals surface area contributed by atoms with Gasteiger partial charge in [-0.3, -0.25) is 14.3 Å². The molecule has 8 nitrogen and oxygen atoms in total. The van der Waals surface area contributed by atoms with Crippen LogP contribution >= 0.6 is 0 Å². The summed E-state index contributed by atoms with van der Waals surface area (Å²) in [5.41, 5.74) is 3.83. The molecule has 2 aromatic heterocycles. The van der Waals surface area contributed by atoms with Crippen molar-refractivity contribution in [3.05, 3.63) is 101 Å². The molecule has 36 heavy (non-hydrogen) atoms. The fourth-order valence-electron chi connectivity index (χ4n) is 4.61. The number of rotatable bonds is 6. The third-order valence-corrected chi connectivity index (χ3v) is 6.33. The number of benzene rings is 2. The molecule has 0 radical (unpaired) electrons. The van der Waals surface area contributed by atoms with E-state index in [9.17, 15) is 14.0 Å². The van der Waals surface area contributed by atoms with Crippen LogP contribution in [0.5, 0.6) is 5.75 Å². The van der Waals surface area contributed by atoms with Gasteiger partial charge in [-0.25, -0.2) is 4.39 Å². The monoisotopic (exact) mass is 487 g/mol. The molecule has 2 aromatic carbocycles. The van der Waals surface area contributed by atoms with Gasteiger partial charge >= 0.3 is 0 Å². The Bertz CT molecular complexity index is 1380. The van der Waals surface area contributed by atoms with Gasteiger partial charge in [0.05, 0.1) is 20.2 Å². The lowest BCUT2D eigenvalue weighted by Crippen LogP contribution is -2.38. The topological polar surface area (TPSA) is 92.2 Å². The summed E-state index contributed by atoms with van der Waals surface area (Å²) in [6, 6.07) is 16.8. The van der Waals surface area contributed by atoms with Crippen LogP contribution in [0.1, 0.15) is 50.6 Å². The van der Waals surface area contributed by atoms with Crippen LogP contribution in [0.15, 0.2) is 66.9 Å². The van der Waals surface area contributed by atoms with E-state index < -0.39 is 0 Å². The molecular weight excluding hydrogens is 461 g/mol. The first kappa shape index (κ1) is 23.3. The summed E-state index contributed by atoms with van der Waals surface area (Å²) >= 11 is 0. The van der Waals surface area contributed by atoms with Gasteiger partial charge in [0.2, 0.25) is 0 Å². The minimum absolute atomic E-state index is 0.0665. The van der Waals surface area contributed by atoms with Crippen LogP contribution in [0, 0.1) is 5.82 Å². The van der Waals surface area contributed by atoms with E-state index in [2.05, 4.69) is 15.4 Å². The van der Waals surface area contributed by atoms with Crippen molar-refractivity contribution in [3.63, 3.8) is 0 Å². The largest absolute Gasteiger partial charge is 0.497 e. The van der Waals surface area contributed by atoms with E-state index in [1.807, 2.05) is 6.92 Å². The smallest absolute Gasteiger partial charge is 0.276 e. The average Bonchev–Trinajstić information content (AvgIpc) is 3.54. The van der Waals surface area contributed by atoms with Gasteiger partial charge in [-0.1, -0.05) is 19.1 Å². The van der Waals surface area contributed by atoms with Crippen molar-refractivity contribution in [2.24, 2.45) is 0 Å². The molecule has 5 rings (SSSR count). The maximum atomic E-state index is 13.4. The van der Waals surface area contributed by atoms with Crippen LogP contribution < -0.4 is 10.1 Å². The van der Waals surface area contributed by atoms with Gasteiger partial charge < -0.3 is 19.9 Å². The minimum atomic E-state index is -0.365. The van der Waals surface area contributed by atoms with Gasteiger partial charge in [-0.05, 0) is 54.1 Å². The molecule has 2 amide bonds. The Morgan fingerprint density at radius 3 is 2.56 bits per heavy atom. The molecule has 0 fully saturated rings. The minimum Gasteiger partial charge on any atom is -0.497 e. The van der Waals surface area contributed by atoms with Crippen molar-refractivity contribution in [1.82, 2.24) is 19.7 Å². The highest BCUT2D eigenvalue weighted by Crippen LogP contribution is 2.32. The number of amides is 2. The number of halogens is 1. The van der Waals surface area contributed by atoms with Gasteiger partial charge in [0.25, 0.3) is 11.8 Å². The van der Waals surface area contributed by atoms with Crippen molar-refractivity contribution in [1.29, 1.82) is 0 Å². The summed E-state index contributed by atoms with van der Waals surface area (Å²) < 4.78 is 20.4. The molecule has 9 heteroatoms. The molecule has 2 N–H and O–H groups in total. The number of hydrogen-bond acceptors (Lipinski definition) is 4. The Morgan fingerprint density at radius 2 is 1.89 bits per heavy atom. The van der Waals surface area contributed by atoms with Crippen LogP contribution in [0.2, 0.25) is 0 Å². The summed E-state index contributed by atoms with van der Waals surface area (Å²) in [6.45, 7) is 3.14. The Kier molecular flexibility index (Phi) is 6.28. The number of H-pyrrole nitrogens is 1. The molecule has 1 atom stereocenters. The van der Waals surface area contributed by atoms with Gasteiger partial charge in [0, 0.05) is 35.6 Å². The van der Waals surface area contributed by atoms with Crippen molar-refractivity contribution in [3.8, 4) is 5.75 Å². The Labute approximate surface area is 207 Å². The second-order valence-electron chi connectivity index (χ2n) is 8.85. The fraction of sp³-hybridized carbons (Fsp3) is 0.222. The first-order chi connectivity index (χ1) is 17.4. The lowest BCUT2D eigenvalue weighted by atomic mass is 9.95. The van der Waals surface area contributed by atoms with Crippen molar-refractivity contribution in [2.45, 2.75) is 25.9 Å². The Balaban J connectivity index is 1.50. The molecule has 0 spiro atoms. The number of nitrogens with one attached hydrogen (secondary N) is 2. The summed E-state index contributed by atoms with van der Waals surface area (Å²) in [5, 5.41) is 7.59. The molecular formula is C27H26FN5O3. The van der Waals surface area contributed by atoms with E-state index in [4.69, 9.17) is 4.74 Å². The number of aromatic nitrogens is 3. The van der Waals surface area contributed by atoms with E-state index in [1.54, 1.807) is 71.4 Å². The highest BCUT2D eigenvalue weighted by atomic mass is 19.1. The van der Waals surface area contributed by atoms with Gasteiger partial charge in [0.1, 0.15) is 17.3 Å². The first-order valence-electron chi connectivity index (χ1n) is 11.6. The van der Waals surface area contributed by atoms with Crippen molar-refractivity contribution in [2.75, 3.05) is 19.0 Å². The van der Waals surface area contributed by atoms with Crippen molar-refractivity contribution < 1.29 is 18.7 Å². The molecule has 0 saturated carbocycles. The SMILES string of the molecule is COc1ccc(NC(=O)c2nn(Cc3ccc(F)cc3)c3c2CN(C(=O)c2ccc[nH]2)CC3C)cc1. The quantitative estimate of drug-likeness (QED) is 0.421. The number of anilines is 1. The fourth-order valence-corrected chi connectivity index (χ4v) is 4.61. The predicted octanol–water partition coefficient (Wildman–Crippen LogP) is 4.42. The number of carbonyl (C=O) groups excluding carboxylic acids is 2. The summed E-state index contributed by atoms with van der Waals surface area (Å²) in [5.74, 6) is -0.196. The molecule has 4 aromatic rings. The van der Waals surface area contributed by atoms with E-state index in [1.165, 1.54) is 12.1 Å². The standard InChI is InChI=1S/C27H26FN5O3/c1-17-14-32(27(35)23-4-3-13-29-23)16-22-24(26(34)30-20-9-11-21(36-2)12-10-20)31-33(25(17)22)15-18-5-7-19(28)8-6-18/h3-13,17,29H,14-16H2,1-2H3,(H,30,34). The molecule has 184 valence electrons. The summed E-state index contributed by atoms with van der Waals surface area (Å²) in [4.78, 5) is 31.2. The molecule has 1 unspecified atom stereocenters. The van der Waals surface area contributed by atoms with Gasteiger partial charge in [-0.15, -0.1) is 0 Å². The van der Waals surface area contributed by atoms with Gasteiger partial charge in [-0.2, -0.15) is 5.10 Å². The number of carbonyl (C=O) groups is 2.